The molecular formula is C16H15NO3. The molecular weight excluding hydrogens is 254 g/mol. The van der Waals surface area contributed by atoms with Gasteiger partial charge in [0.05, 0.1) is 26.5 Å². The lowest BCUT2D eigenvalue weighted by atomic mass is 10.1. The van der Waals surface area contributed by atoms with E-state index in [2.05, 4.69) is 0 Å². The molecule has 0 atom stereocenters. The van der Waals surface area contributed by atoms with E-state index in [4.69, 9.17) is 9.47 Å². The largest absolute Gasteiger partial charge is 0.497 e. The zero-order valence-corrected chi connectivity index (χ0v) is 11.4. The van der Waals surface area contributed by atoms with Crippen LogP contribution >= 0.6 is 0 Å². The number of carbonyl (C=O) groups excluding carboxylic acids is 1. The molecule has 0 aliphatic carbocycles. The Hall–Kier alpha value is -2.49. The minimum Gasteiger partial charge on any atom is -0.497 e. The second-order valence-electron chi connectivity index (χ2n) is 4.59. The number of nitrogens with zero attached hydrogens (tertiary/aromatic N) is 1. The number of rotatable bonds is 3. The summed E-state index contributed by atoms with van der Waals surface area (Å²) in [6.45, 7) is 0.554. The molecule has 4 heteroatoms. The molecule has 4 nitrogen and oxygen atoms in total. The maximum Gasteiger partial charge on any atom is 0.259 e. The molecule has 20 heavy (non-hydrogen) atoms. The van der Waals surface area contributed by atoms with Crippen molar-refractivity contribution >= 4 is 11.6 Å². The van der Waals surface area contributed by atoms with Gasteiger partial charge in [0.25, 0.3) is 5.91 Å². The Morgan fingerprint density at radius 2 is 1.85 bits per heavy atom. The van der Waals surface area contributed by atoms with Crippen molar-refractivity contribution in [2.24, 2.45) is 0 Å². The Labute approximate surface area is 117 Å². The van der Waals surface area contributed by atoms with E-state index in [1.165, 1.54) is 0 Å². The predicted molar refractivity (Wildman–Crippen MR) is 76.5 cm³/mol. The number of ether oxygens (including phenoxy) is 2. The first kappa shape index (κ1) is 12.5. The third kappa shape index (κ3) is 1.90. The minimum atomic E-state index is -0.00727. The Morgan fingerprint density at radius 3 is 2.55 bits per heavy atom. The van der Waals surface area contributed by atoms with Crippen molar-refractivity contribution in [3.05, 3.63) is 53.6 Å². The Bertz CT molecular complexity index is 667. The van der Waals surface area contributed by atoms with Crippen LogP contribution in [0.15, 0.2) is 42.5 Å². The third-order valence-electron chi connectivity index (χ3n) is 3.50. The fraction of sp³-hybridized carbons (Fsp3) is 0.188. The van der Waals surface area contributed by atoms with Crippen LogP contribution < -0.4 is 14.4 Å². The molecule has 1 amide bonds. The van der Waals surface area contributed by atoms with Crippen molar-refractivity contribution in [2.75, 3.05) is 19.1 Å². The van der Waals surface area contributed by atoms with Crippen LogP contribution in [0.3, 0.4) is 0 Å². The summed E-state index contributed by atoms with van der Waals surface area (Å²) < 4.78 is 10.6. The summed E-state index contributed by atoms with van der Waals surface area (Å²) in [5, 5.41) is 0. The van der Waals surface area contributed by atoms with Crippen LogP contribution in [0, 0.1) is 0 Å². The number of hydrogen-bond acceptors (Lipinski definition) is 3. The van der Waals surface area contributed by atoms with Crippen LogP contribution in [0.25, 0.3) is 0 Å². The summed E-state index contributed by atoms with van der Waals surface area (Å²) in [5.74, 6) is 1.35. The molecule has 0 spiro atoms. The second kappa shape index (κ2) is 4.89. The summed E-state index contributed by atoms with van der Waals surface area (Å²) in [7, 11) is 3.20. The maximum absolute atomic E-state index is 12.5. The maximum atomic E-state index is 12.5. The number of hydrogen-bond donors (Lipinski definition) is 0. The molecule has 0 N–H and O–H groups in total. The highest BCUT2D eigenvalue weighted by Crippen LogP contribution is 2.37. The summed E-state index contributed by atoms with van der Waals surface area (Å²) in [6, 6.07) is 13.1. The monoisotopic (exact) mass is 269 g/mol. The molecule has 0 unspecified atom stereocenters. The number of fused-ring (bicyclic) bond motifs is 1. The summed E-state index contributed by atoms with van der Waals surface area (Å²) in [6.07, 6.45) is 0. The van der Waals surface area contributed by atoms with Gasteiger partial charge in [-0.2, -0.15) is 0 Å². The Morgan fingerprint density at radius 1 is 1.05 bits per heavy atom. The molecule has 0 saturated carbocycles. The highest BCUT2D eigenvalue weighted by Gasteiger charge is 2.30. The van der Waals surface area contributed by atoms with Crippen LogP contribution in [0.4, 0.5) is 5.69 Å². The smallest absolute Gasteiger partial charge is 0.259 e. The fourth-order valence-corrected chi connectivity index (χ4v) is 2.46. The van der Waals surface area contributed by atoms with Gasteiger partial charge in [-0.05, 0) is 23.8 Å². The van der Waals surface area contributed by atoms with E-state index in [0.717, 1.165) is 16.8 Å². The number of methoxy groups -OCH3 is 2. The van der Waals surface area contributed by atoms with Gasteiger partial charge in [0.1, 0.15) is 11.5 Å². The molecule has 2 aromatic carbocycles. The van der Waals surface area contributed by atoms with Gasteiger partial charge >= 0.3 is 0 Å². The molecule has 0 radical (unpaired) electrons. The van der Waals surface area contributed by atoms with E-state index in [-0.39, 0.29) is 5.91 Å². The van der Waals surface area contributed by atoms with Crippen LogP contribution in [0.5, 0.6) is 11.5 Å². The van der Waals surface area contributed by atoms with Crippen molar-refractivity contribution in [3.8, 4) is 11.5 Å². The molecule has 1 heterocycles. The van der Waals surface area contributed by atoms with E-state index in [1.807, 2.05) is 42.5 Å². The Kier molecular flexibility index (Phi) is 3.06. The highest BCUT2D eigenvalue weighted by atomic mass is 16.5. The van der Waals surface area contributed by atoms with Crippen molar-refractivity contribution in [2.45, 2.75) is 6.54 Å². The van der Waals surface area contributed by atoms with Gasteiger partial charge in [0.15, 0.2) is 0 Å². The van der Waals surface area contributed by atoms with E-state index in [1.54, 1.807) is 19.1 Å². The number of carbonyl (C=O) groups is 1. The quantitative estimate of drug-likeness (QED) is 0.860. The van der Waals surface area contributed by atoms with Crippen molar-refractivity contribution in [3.63, 3.8) is 0 Å². The Balaban J connectivity index is 2.05. The van der Waals surface area contributed by atoms with Crippen molar-refractivity contribution in [1.82, 2.24) is 0 Å². The average Bonchev–Trinajstić information content (AvgIpc) is 2.84. The van der Waals surface area contributed by atoms with Gasteiger partial charge in [0, 0.05) is 11.6 Å². The van der Waals surface area contributed by atoms with Crippen LogP contribution in [0.1, 0.15) is 15.9 Å². The van der Waals surface area contributed by atoms with Crippen LogP contribution in [-0.2, 0) is 6.54 Å². The molecule has 102 valence electrons. The molecule has 0 saturated heterocycles. The van der Waals surface area contributed by atoms with Crippen LogP contribution in [0.2, 0.25) is 0 Å². The lowest BCUT2D eigenvalue weighted by Crippen LogP contribution is -2.23. The standard InChI is InChI=1S/C16H15NO3/c1-19-12-7-8-15(20-2)14(9-12)17-10-11-5-3-4-6-13(11)16(17)18/h3-9H,10H2,1-2H3. The number of amides is 1. The molecule has 0 aromatic heterocycles. The highest BCUT2D eigenvalue weighted by molar-refractivity contribution is 6.10. The topological polar surface area (TPSA) is 38.8 Å². The molecule has 0 fully saturated rings. The number of benzene rings is 2. The first-order chi connectivity index (χ1) is 9.74. The minimum absolute atomic E-state index is 0.00727. The van der Waals surface area contributed by atoms with Gasteiger partial charge in [-0.1, -0.05) is 18.2 Å². The summed E-state index contributed by atoms with van der Waals surface area (Å²) in [5.41, 5.74) is 2.51. The van der Waals surface area contributed by atoms with E-state index >= 15 is 0 Å². The van der Waals surface area contributed by atoms with Gasteiger partial charge < -0.3 is 14.4 Å². The van der Waals surface area contributed by atoms with Crippen LogP contribution in [-0.4, -0.2) is 20.1 Å². The summed E-state index contributed by atoms with van der Waals surface area (Å²) in [4.78, 5) is 14.2. The van der Waals surface area contributed by atoms with Crippen molar-refractivity contribution < 1.29 is 14.3 Å². The van der Waals surface area contributed by atoms with Gasteiger partial charge in [-0.15, -0.1) is 0 Å². The molecule has 3 rings (SSSR count). The number of anilines is 1. The first-order valence-corrected chi connectivity index (χ1v) is 6.36. The molecule has 1 aliphatic rings. The van der Waals surface area contributed by atoms with E-state index < -0.39 is 0 Å². The molecule has 1 aliphatic heterocycles. The van der Waals surface area contributed by atoms with Gasteiger partial charge in [-0.25, -0.2) is 0 Å². The molecule has 2 aromatic rings. The SMILES string of the molecule is COc1ccc(OC)c(N2Cc3ccccc3C2=O)c1. The van der Waals surface area contributed by atoms with E-state index in [9.17, 15) is 4.79 Å². The first-order valence-electron chi connectivity index (χ1n) is 6.36. The lowest BCUT2D eigenvalue weighted by molar-refractivity contribution is 0.0996. The van der Waals surface area contributed by atoms with Crippen molar-refractivity contribution in [1.29, 1.82) is 0 Å². The van der Waals surface area contributed by atoms with Gasteiger partial charge in [-0.3, -0.25) is 4.79 Å². The zero-order chi connectivity index (χ0) is 14.1. The molecule has 0 bridgehead atoms. The zero-order valence-electron chi connectivity index (χ0n) is 11.4. The summed E-state index contributed by atoms with van der Waals surface area (Å²) >= 11 is 0. The lowest BCUT2D eigenvalue weighted by Gasteiger charge is -2.19. The van der Waals surface area contributed by atoms with E-state index in [0.29, 0.717) is 18.0 Å². The fourth-order valence-electron chi connectivity index (χ4n) is 2.46. The predicted octanol–water partition coefficient (Wildman–Crippen LogP) is 2.86. The second-order valence-corrected chi connectivity index (χ2v) is 4.59. The third-order valence-corrected chi connectivity index (χ3v) is 3.50. The van der Waals surface area contributed by atoms with Gasteiger partial charge in [0.2, 0.25) is 0 Å². The average molecular weight is 269 g/mol. The normalized spacial score (nSPS) is 13.3.